The van der Waals surface area contributed by atoms with Crippen molar-refractivity contribution >= 4 is 28.5 Å². The molecular weight excluding hydrogens is 240 g/mol. The molecule has 0 spiro atoms. The van der Waals surface area contributed by atoms with E-state index in [-0.39, 0.29) is 5.69 Å². The first kappa shape index (κ1) is 12.0. The zero-order valence-electron chi connectivity index (χ0n) is 9.62. The van der Waals surface area contributed by atoms with Crippen molar-refractivity contribution in [1.82, 2.24) is 9.88 Å². The topological polar surface area (TPSA) is 56.3 Å². The smallest absolute Gasteiger partial charge is 0.352 e. The number of nitrogens with zero attached hydrogens (tertiary/aromatic N) is 1. The second kappa shape index (κ2) is 4.39. The van der Waals surface area contributed by atoms with E-state index in [4.69, 9.17) is 16.7 Å². The number of aromatic nitrogens is 1. The van der Waals surface area contributed by atoms with Crippen LogP contribution in [0.5, 0.6) is 0 Å². The SMILES string of the molecule is CN(C)Cc1cc(Cl)cc2cc(C(=O)O)[nH]c12. The molecule has 0 aliphatic rings. The number of hydrogen-bond donors (Lipinski definition) is 2. The van der Waals surface area contributed by atoms with Crippen LogP contribution in [0.4, 0.5) is 0 Å². The Morgan fingerprint density at radius 3 is 2.71 bits per heavy atom. The van der Waals surface area contributed by atoms with Gasteiger partial charge in [-0.3, -0.25) is 0 Å². The highest BCUT2D eigenvalue weighted by atomic mass is 35.5. The van der Waals surface area contributed by atoms with Gasteiger partial charge in [0.25, 0.3) is 0 Å². The number of fused-ring (bicyclic) bond motifs is 1. The van der Waals surface area contributed by atoms with E-state index in [1.54, 1.807) is 12.1 Å². The number of carboxylic acid groups (broad SMARTS) is 1. The van der Waals surface area contributed by atoms with Crippen molar-refractivity contribution in [3.8, 4) is 0 Å². The molecule has 5 heteroatoms. The summed E-state index contributed by atoms with van der Waals surface area (Å²) in [4.78, 5) is 15.8. The van der Waals surface area contributed by atoms with E-state index in [0.29, 0.717) is 11.6 Å². The van der Waals surface area contributed by atoms with Crippen molar-refractivity contribution in [2.45, 2.75) is 6.54 Å². The molecule has 1 aromatic heterocycles. The highest BCUT2D eigenvalue weighted by Crippen LogP contribution is 2.25. The van der Waals surface area contributed by atoms with Gasteiger partial charge >= 0.3 is 5.97 Å². The molecule has 0 fully saturated rings. The number of rotatable bonds is 3. The number of nitrogens with one attached hydrogen (secondary N) is 1. The molecule has 2 N–H and O–H groups in total. The summed E-state index contributed by atoms with van der Waals surface area (Å²) in [5, 5.41) is 10.4. The molecule has 0 amide bonds. The van der Waals surface area contributed by atoms with Crippen LogP contribution >= 0.6 is 11.6 Å². The summed E-state index contributed by atoms with van der Waals surface area (Å²) in [5.41, 5.74) is 2.01. The van der Waals surface area contributed by atoms with Crippen molar-refractivity contribution in [2.24, 2.45) is 0 Å². The fraction of sp³-hybridized carbons (Fsp3) is 0.250. The van der Waals surface area contributed by atoms with Gasteiger partial charge in [0.1, 0.15) is 5.69 Å². The molecule has 1 aromatic carbocycles. The molecule has 0 bridgehead atoms. The number of aromatic amines is 1. The lowest BCUT2D eigenvalue weighted by molar-refractivity contribution is 0.0691. The van der Waals surface area contributed by atoms with Gasteiger partial charge in [-0.2, -0.15) is 0 Å². The first-order valence-electron chi connectivity index (χ1n) is 5.16. The molecule has 0 saturated carbocycles. The Kier molecular flexibility index (Phi) is 3.09. The number of H-pyrrole nitrogens is 1. The summed E-state index contributed by atoms with van der Waals surface area (Å²) in [5.74, 6) is -0.965. The maximum atomic E-state index is 10.9. The number of halogens is 1. The van der Waals surface area contributed by atoms with Crippen LogP contribution in [0, 0.1) is 0 Å². The third-order valence-corrected chi connectivity index (χ3v) is 2.71. The van der Waals surface area contributed by atoms with Crippen LogP contribution in [0.1, 0.15) is 16.1 Å². The molecule has 0 radical (unpaired) electrons. The fourth-order valence-electron chi connectivity index (χ4n) is 1.86. The van der Waals surface area contributed by atoms with E-state index >= 15 is 0 Å². The predicted molar refractivity (Wildman–Crippen MR) is 67.7 cm³/mol. The van der Waals surface area contributed by atoms with Crippen molar-refractivity contribution < 1.29 is 9.90 Å². The average Bonchev–Trinajstić information content (AvgIpc) is 2.60. The number of carbonyl (C=O) groups is 1. The lowest BCUT2D eigenvalue weighted by Gasteiger charge is -2.11. The van der Waals surface area contributed by atoms with Crippen LogP contribution in [-0.2, 0) is 6.54 Å². The standard InChI is InChI=1S/C12H13ClN2O2/c1-15(2)6-8-4-9(13)3-7-5-10(12(16)17)14-11(7)8/h3-5,14H,6H2,1-2H3,(H,16,17). The van der Waals surface area contributed by atoms with Gasteiger partial charge in [0.05, 0.1) is 5.52 Å². The molecule has 2 rings (SSSR count). The minimum atomic E-state index is -0.965. The second-order valence-corrected chi connectivity index (χ2v) is 4.69. The normalized spacial score (nSPS) is 11.3. The van der Waals surface area contributed by atoms with Gasteiger partial charge in [-0.1, -0.05) is 11.6 Å². The summed E-state index contributed by atoms with van der Waals surface area (Å²) in [6, 6.07) is 5.22. The minimum Gasteiger partial charge on any atom is -0.477 e. The van der Waals surface area contributed by atoms with Gasteiger partial charge < -0.3 is 15.0 Å². The third kappa shape index (κ3) is 2.43. The molecule has 17 heavy (non-hydrogen) atoms. The van der Waals surface area contributed by atoms with Crippen LogP contribution in [-0.4, -0.2) is 35.1 Å². The zero-order valence-corrected chi connectivity index (χ0v) is 10.4. The van der Waals surface area contributed by atoms with Crippen molar-refractivity contribution in [3.63, 3.8) is 0 Å². The van der Waals surface area contributed by atoms with Crippen LogP contribution in [0.25, 0.3) is 10.9 Å². The molecule has 0 unspecified atom stereocenters. The molecule has 0 saturated heterocycles. The Balaban J connectivity index is 2.61. The number of benzene rings is 1. The summed E-state index contributed by atoms with van der Waals surface area (Å²) >= 11 is 6.02. The van der Waals surface area contributed by atoms with Gasteiger partial charge in [0.2, 0.25) is 0 Å². The lowest BCUT2D eigenvalue weighted by Crippen LogP contribution is -2.11. The average molecular weight is 253 g/mol. The highest BCUT2D eigenvalue weighted by molar-refractivity contribution is 6.31. The number of hydrogen-bond acceptors (Lipinski definition) is 2. The third-order valence-electron chi connectivity index (χ3n) is 2.49. The van der Waals surface area contributed by atoms with E-state index in [1.165, 1.54) is 0 Å². The first-order valence-corrected chi connectivity index (χ1v) is 5.54. The van der Waals surface area contributed by atoms with Gasteiger partial charge in [0.15, 0.2) is 0 Å². The van der Waals surface area contributed by atoms with Crippen molar-refractivity contribution in [2.75, 3.05) is 14.1 Å². The highest BCUT2D eigenvalue weighted by Gasteiger charge is 2.11. The molecule has 0 aliphatic heterocycles. The van der Waals surface area contributed by atoms with Gasteiger partial charge in [-0.05, 0) is 37.9 Å². The van der Waals surface area contributed by atoms with Crippen LogP contribution in [0.2, 0.25) is 5.02 Å². The van der Waals surface area contributed by atoms with Crippen LogP contribution < -0.4 is 0 Å². The van der Waals surface area contributed by atoms with Gasteiger partial charge in [-0.25, -0.2) is 4.79 Å². The summed E-state index contributed by atoms with van der Waals surface area (Å²) in [6.45, 7) is 0.705. The molecule has 4 nitrogen and oxygen atoms in total. The van der Waals surface area contributed by atoms with Crippen LogP contribution in [0.3, 0.4) is 0 Å². The van der Waals surface area contributed by atoms with Gasteiger partial charge in [-0.15, -0.1) is 0 Å². The fourth-order valence-corrected chi connectivity index (χ4v) is 2.11. The summed E-state index contributed by atoms with van der Waals surface area (Å²) < 4.78 is 0. The molecule has 2 aromatic rings. The maximum Gasteiger partial charge on any atom is 0.352 e. The summed E-state index contributed by atoms with van der Waals surface area (Å²) in [6.07, 6.45) is 0. The Hall–Kier alpha value is -1.52. The van der Waals surface area contributed by atoms with E-state index in [2.05, 4.69) is 4.98 Å². The number of carboxylic acids is 1. The molecule has 90 valence electrons. The lowest BCUT2D eigenvalue weighted by atomic mass is 10.1. The number of aromatic carboxylic acids is 1. The first-order chi connectivity index (χ1) is 7.97. The second-order valence-electron chi connectivity index (χ2n) is 4.26. The monoisotopic (exact) mass is 252 g/mol. The van der Waals surface area contributed by atoms with Crippen LogP contribution in [0.15, 0.2) is 18.2 Å². The zero-order chi connectivity index (χ0) is 12.6. The molecule has 1 heterocycles. The molecule has 0 aliphatic carbocycles. The molecule has 0 atom stereocenters. The Morgan fingerprint density at radius 1 is 1.41 bits per heavy atom. The Labute approximate surface area is 104 Å². The van der Waals surface area contributed by atoms with Crippen molar-refractivity contribution in [1.29, 1.82) is 0 Å². The van der Waals surface area contributed by atoms with Gasteiger partial charge in [0, 0.05) is 17.0 Å². The van der Waals surface area contributed by atoms with E-state index < -0.39 is 5.97 Å². The maximum absolute atomic E-state index is 10.9. The molecular formula is C12H13ClN2O2. The van der Waals surface area contributed by atoms with Crippen molar-refractivity contribution in [3.05, 3.63) is 34.5 Å². The Morgan fingerprint density at radius 2 is 2.12 bits per heavy atom. The van der Waals surface area contributed by atoms with E-state index in [9.17, 15) is 4.79 Å². The Bertz CT molecular complexity index is 575. The van der Waals surface area contributed by atoms with E-state index in [1.807, 2.05) is 25.1 Å². The van der Waals surface area contributed by atoms with E-state index in [0.717, 1.165) is 16.5 Å². The largest absolute Gasteiger partial charge is 0.477 e. The summed E-state index contributed by atoms with van der Waals surface area (Å²) in [7, 11) is 3.90. The minimum absolute atomic E-state index is 0.183. The predicted octanol–water partition coefficient (Wildman–Crippen LogP) is 2.58. The quantitative estimate of drug-likeness (QED) is 0.883.